The van der Waals surface area contributed by atoms with E-state index in [1.54, 1.807) is 6.92 Å². The van der Waals surface area contributed by atoms with E-state index in [-0.39, 0.29) is 10.7 Å². The van der Waals surface area contributed by atoms with E-state index in [0.29, 0.717) is 18.7 Å². The molecule has 0 aliphatic heterocycles. The van der Waals surface area contributed by atoms with Crippen LogP contribution in [0.2, 0.25) is 5.02 Å². The monoisotopic (exact) mass is 272 g/mol. The number of nitrogens with zero attached hydrogens (tertiary/aromatic N) is 1. The number of hydrogen-bond donors (Lipinski definition) is 2. The molecule has 0 aromatic heterocycles. The Labute approximate surface area is 109 Å². The van der Waals surface area contributed by atoms with Crippen LogP contribution in [0.15, 0.2) is 18.2 Å². The number of carboxylic acids is 1. The molecule has 1 aromatic carbocycles. The van der Waals surface area contributed by atoms with Crippen LogP contribution in [0.25, 0.3) is 0 Å². The summed E-state index contributed by atoms with van der Waals surface area (Å²) in [5, 5.41) is 22.4. The van der Waals surface area contributed by atoms with Crippen LogP contribution in [0.1, 0.15) is 13.3 Å². The van der Waals surface area contributed by atoms with E-state index >= 15 is 0 Å². The molecule has 0 aliphatic carbocycles. The topological polar surface area (TPSA) is 92.5 Å². The average molecular weight is 273 g/mol. The Morgan fingerprint density at radius 3 is 2.78 bits per heavy atom. The number of hydrogen-bond acceptors (Lipinski definition) is 4. The van der Waals surface area contributed by atoms with Crippen LogP contribution in [0, 0.1) is 16.0 Å². The Bertz CT molecular complexity index is 464. The van der Waals surface area contributed by atoms with Crippen molar-refractivity contribution in [2.24, 2.45) is 5.92 Å². The summed E-state index contributed by atoms with van der Waals surface area (Å²) in [6, 6.07) is 4.10. The first kappa shape index (κ1) is 14.2. The second-order valence-corrected chi connectivity index (χ2v) is 4.28. The normalized spacial score (nSPS) is 11.9. The van der Waals surface area contributed by atoms with E-state index in [2.05, 4.69) is 5.32 Å². The van der Waals surface area contributed by atoms with E-state index in [1.807, 2.05) is 0 Å². The van der Waals surface area contributed by atoms with Crippen LogP contribution < -0.4 is 5.32 Å². The number of rotatable bonds is 6. The average Bonchev–Trinajstić information content (AvgIpc) is 2.30. The summed E-state index contributed by atoms with van der Waals surface area (Å²) in [7, 11) is 0. The van der Waals surface area contributed by atoms with Gasteiger partial charge in [0.2, 0.25) is 0 Å². The molecule has 0 saturated carbocycles. The number of carboxylic acid groups (broad SMARTS) is 1. The van der Waals surface area contributed by atoms with Gasteiger partial charge in [0.25, 0.3) is 5.69 Å². The van der Waals surface area contributed by atoms with Gasteiger partial charge in [-0.15, -0.1) is 0 Å². The van der Waals surface area contributed by atoms with E-state index in [1.165, 1.54) is 18.2 Å². The van der Waals surface area contributed by atoms with Gasteiger partial charge in [-0.1, -0.05) is 18.5 Å². The predicted molar refractivity (Wildman–Crippen MR) is 68.0 cm³/mol. The number of nitrogens with one attached hydrogen (secondary N) is 1. The van der Waals surface area contributed by atoms with Crippen LogP contribution >= 0.6 is 11.6 Å². The van der Waals surface area contributed by atoms with Crippen molar-refractivity contribution < 1.29 is 14.8 Å². The number of nitro benzene ring substituents is 1. The molecule has 0 heterocycles. The summed E-state index contributed by atoms with van der Waals surface area (Å²) in [6.45, 7) is 2.05. The number of halogens is 1. The summed E-state index contributed by atoms with van der Waals surface area (Å²) in [4.78, 5) is 20.6. The smallest absolute Gasteiger partial charge is 0.306 e. The van der Waals surface area contributed by atoms with Gasteiger partial charge in [-0.05, 0) is 12.5 Å². The van der Waals surface area contributed by atoms with Gasteiger partial charge in [0.1, 0.15) is 0 Å². The summed E-state index contributed by atoms with van der Waals surface area (Å²) in [6.07, 6.45) is 0.447. The third kappa shape index (κ3) is 3.89. The Kier molecular flexibility index (Phi) is 4.91. The molecule has 0 aliphatic rings. The Morgan fingerprint density at radius 2 is 2.28 bits per heavy atom. The lowest BCUT2D eigenvalue weighted by molar-refractivity contribution is -0.384. The lowest BCUT2D eigenvalue weighted by Gasteiger charge is -2.10. The zero-order valence-corrected chi connectivity index (χ0v) is 10.5. The van der Waals surface area contributed by atoms with Crippen LogP contribution in [0.3, 0.4) is 0 Å². The zero-order chi connectivity index (χ0) is 13.7. The molecule has 0 fully saturated rings. The van der Waals surface area contributed by atoms with Gasteiger partial charge in [0, 0.05) is 18.7 Å². The first-order valence-electron chi connectivity index (χ1n) is 5.32. The number of carbonyl (C=O) groups is 1. The van der Waals surface area contributed by atoms with Crippen LogP contribution in [-0.2, 0) is 4.79 Å². The molecule has 1 atom stereocenters. The number of non-ortho nitro benzene ring substituents is 1. The number of aliphatic carboxylic acids is 1. The summed E-state index contributed by atoms with van der Waals surface area (Å²) < 4.78 is 0. The highest BCUT2D eigenvalue weighted by Crippen LogP contribution is 2.26. The quantitative estimate of drug-likeness (QED) is 0.613. The van der Waals surface area contributed by atoms with E-state index < -0.39 is 16.8 Å². The van der Waals surface area contributed by atoms with Gasteiger partial charge in [0.05, 0.1) is 21.6 Å². The SMILES string of the molecule is CC(CCNc1ccc([N+](=O)[O-])cc1Cl)C(=O)O. The molecule has 0 saturated heterocycles. The molecule has 1 unspecified atom stereocenters. The molecule has 2 N–H and O–H groups in total. The van der Waals surface area contributed by atoms with Crippen molar-refractivity contribution in [1.29, 1.82) is 0 Å². The van der Waals surface area contributed by atoms with Gasteiger partial charge in [-0.2, -0.15) is 0 Å². The molecule has 1 rings (SSSR count). The first-order valence-corrected chi connectivity index (χ1v) is 5.70. The standard InChI is InChI=1S/C11H13ClN2O4/c1-7(11(15)16)4-5-13-10-3-2-8(14(17)18)6-9(10)12/h2-3,6-7,13H,4-5H2,1H3,(H,15,16). The van der Waals surface area contributed by atoms with Crippen molar-refractivity contribution in [3.8, 4) is 0 Å². The van der Waals surface area contributed by atoms with Gasteiger partial charge in [0.15, 0.2) is 0 Å². The molecule has 7 heteroatoms. The molecule has 0 spiro atoms. The molecule has 1 aromatic rings. The Hall–Kier alpha value is -1.82. The highest BCUT2D eigenvalue weighted by molar-refractivity contribution is 6.33. The largest absolute Gasteiger partial charge is 0.481 e. The van der Waals surface area contributed by atoms with Crippen molar-refractivity contribution in [1.82, 2.24) is 0 Å². The fourth-order valence-corrected chi connectivity index (χ4v) is 1.55. The number of benzene rings is 1. The zero-order valence-electron chi connectivity index (χ0n) is 9.72. The third-order valence-electron chi connectivity index (χ3n) is 2.48. The minimum atomic E-state index is -0.855. The maximum Gasteiger partial charge on any atom is 0.306 e. The molecule has 0 bridgehead atoms. The minimum absolute atomic E-state index is 0.0792. The minimum Gasteiger partial charge on any atom is -0.481 e. The van der Waals surface area contributed by atoms with Crippen molar-refractivity contribution in [3.63, 3.8) is 0 Å². The summed E-state index contributed by atoms with van der Waals surface area (Å²) >= 11 is 5.87. The Morgan fingerprint density at radius 1 is 1.61 bits per heavy atom. The fourth-order valence-electron chi connectivity index (χ4n) is 1.31. The first-order chi connectivity index (χ1) is 8.41. The lowest BCUT2D eigenvalue weighted by atomic mass is 10.1. The van der Waals surface area contributed by atoms with Crippen LogP contribution in [0.5, 0.6) is 0 Å². The van der Waals surface area contributed by atoms with E-state index in [9.17, 15) is 14.9 Å². The molecule has 0 amide bonds. The maximum absolute atomic E-state index is 10.6. The van der Waals surface area contributed by atoms with Gasteiger partial charge >= 0.3 is 5.97 Å². The van der Waals surface area contributed by atoms with Crippen LogP contribution in [-0.4, -0.2) is 22.5 Å². The molecular formula is C11H13ClN2O4. The Balaban J connectivity index is 2.58. The second-order valence-electron chi connectivity index (χ2n) is 3.88. The third-order valence-corrected chi connectivity index (χ3v) is 2.79. The van der Waals surface area contributed by atoms with Crippen molar-refractivity contribution in [2.45, 2.75) is 13.3 Å². The molecule has 0 radical (unpaired) electrons. The number of nitro groups is 1. The molecule has 18 heavy (non-hydrogen) atoms. The van der Waals surface area contributed by atoms with E-state index in [0.717, 1.165) is 0 Å². The summed E-state index contributed by atoms with van der Waals surface area (Å²) in [5.41, 5.74) is 0.476. The molecule has 6 nitrogen and oxygen atoms in total. The predicted octanol–water partition coefficient (Wildman–Crippen LogP) is 2.77. The molecule has 98 valence electrons. The molecular weight excluding hydrogens is 260 g/mol. The van der Waals surface area contributed by atoms with Crippen molar-refractivity contribution in [2.75, 3.05) is 11.9 Å². The lowest BCUT2D eigenvalue weighted by Crippen LogP contribution is -2.14. The van der Waals surface area contributed by atoms with Crippen LogP contribution in [0.4, 0.5) is 11.4 Å². The van der Waals surface area contributed by atoms with E-state index in [4.69, 9.17) is 16.7 Å². The van der Waals surface area contributed by atoms with Gasteiger partial charge < -0.3 is 10.4 Å². The summed E-state index contributed by atoms with van der Waals surface area (Å²) in [5.74, 6) is -1.30. The second kappa shape index (κ2) is 6.20. The van der Waals surface area contributed by atoms with Gasteiger partial charge in [-0.25, -0.2) is 0 Å². The fraction of sp³-hybridized carbons (Fsp3) is 0.364. The highest BCUT2D eigenvalue weighted by atomic mass is 35.5. The van der Waals surface area contributed by atoms with Gasteiger partial charge in [-0.3, -0.25) is 14.9 Å². The van der Waals surface area contributed by atoms with Crippen molar-refractivity contribution >= 4 is 28.9 Å². The number of anilines is 1. The highest BCUT2D eigenvalue weighted by Gasteiger charge is 2.12. The maximum atomic E-state index is 10.6. The van der Waals surface area contributed by atoms with Crippen molar-refractivity contribution in [3.05, 3.63) is 33.3 Å².